The highest BCUT2D eigenvalue weighted by atomic mass is 19.1. The Morgan fingerprint density at radius 2 is 1.18 bits per heavy atom. The van der Waals surface area contributed by atoms with Gasteiger partial charge in [-0.15, -0.1) is 0 Å². The van der Waals surface area contributed by atoms with Crippen LogP contribution in [0.4, 0.5) is 4.39 Å². The van der Waals surface area contributed by atoms with Crippen LogP contribution in [0.1, 0.15) is 57.4 Å². The lowest BCUT2D eigenvalue weighted by atomic mass is 10.0. The molecule has 0 heterocycles. The number of alkyl halides is 1. The predicted octanol–water partition coefficient (Wildman–Crippen LogP) is 5.38. The molecule has 0 aliphatic rings. The molecule has 0 atom stereocenters. The molecule has 5 heteroatoms. The fourth-order valence-corrected chi connectivity index (χ4v) is 2.85. The largest absolute Gasteiger partial charge is 0.491 e. The Balaban J connectivity index is 1.93. The van der Waals surface area contributed by atoms with Gasteiger partial charge < -0.3 is 18.9 Å². The fourth-order valence-electron chi connectivity index (χ4n) is 2.85. The normalized spacial score (nSPS) is 11.1. The SMILES string of the molecule is CCCCCCCCCc1ccc(OCCOCCOCCOCCF)cc1. The lowest BCUT2D eigenvalue weighted by Crippen LogP contribution is -2.13. The summed E-state index contributed by atoms with van der Waals surface area (Å²) < 4.78 is 33.2. The number of rotatable bonds is 20. The van der Waals surface area contributed by atoms with Crippen LogP contribution in [0.2, 0.25) is 0 Å². The molecular weight excluding hydrogens is 359 g/mol. The Morgan fingerprint density at radius 3 is 1.79 bits per heavy atom. The molecule has 0 unspecified atom stereocenters. The van der Waals surface area contributed by atoms with Gasteiger partial charge in [0, 0.05) is 0 Å². The summed E-state index contributed by atoms with van der Waals surface area (Å²) in [7, 11) is 0. The summed E-state index contributed by atoms with van der Waals surface area (Å²) in [6.07, 6.45) is 10.6. The average molecular weight is 399 g/mol. The van der Waals surface area contributed by atoms with Crippen LogP contribution in [-0.2, 0) is 20.6 Å². The predicted molar refractivity (Wildman–Crippen MR) is 112 cm³/mol. The third-order valence-electron chi connectivity index (χ3n) is 4.45. The van der Waals surface area contributed by atoms with E-state index in [-0.39, 0.29) is 6.61 Å². The molecule has 162 valence electrons. The molecule has 0 saturated heterocycles. The highest BCUT2D eigenvalue weighted by Gasteiger charge is 1.98. The molecule has 1 aromatic carbocycles. The Kier molecular flexibility index (Phi) is 17.0. The zero-order chi connectivity index (χ0) is 20.1. The van der Waals surface area contributed by atoms with Gasteiger partial charge in [0.25, 0.3) is 0 Å². The number of hydrogen-bond acceptors (Lipinski definition) is 4. The Morgan fingerprint density at radius 1 is 0.643 bits per heavy atom. The van der Waals surface area contributed by atoms with Gasteiger partial charge in [0.15, 0.2) is 0 Å². The Hall–Kier alpha value is -1.17. The third kappa shape index (κ3) is 14.8. The van der Waals surface area contributed by atoms with E-state index in [1.807, 2.05) is 12.1 Å². The molecule has 0 bridgehead atoms. The molecule has 1 rings (SSSR count). The van der Waals surface area contributed by atoms with Crippen LogP contribution in [0, 0.1) is 0 Å². The molecule has 0 spiro atoms. The summed E-state index contributed by atoms with van der Waals surface area (Å²) in [5, 5.41) is 0. The second-order valence-corrected chi connectivity index (χ2v) is 6.89. The van der Waals surface area contributed by atoms with Crippen molar-refractivity contribution in [3.8, 4) is 5.75 Å². The van der Waals surface area contributed by atoms with Gasteiger partial charge in [-0.05, 0) is 30.5 Å². The first-order valence-electron chi connectivity index (χ1n) is 10.9. The number of hydrogen-bond donors (Lipinski definition) is 0. The van der Waals surface area contributed by atoms with E-state index in [2.05, 4.69) is 19.1 Å². The highest BCUT2D eigenvalue weighted by molar-refractivity contribution is 5.27. The van der Waals surface area contributed by atoms with Crippen LogP contribution in [0.25, 0.3) is 0 Å². The fraction of sp³-hybridized carbons (Fsp3) is 0.739. The quantitative estimate of drug-likeness (QED) is 0.276. The van der Waals surface area contributed by atoms with Gasteiger partial charge in [-0.3, -0.25) is 0 Å². The maximum absolute atomic E-state index is 11.8. The van der Waals surface area contributed by atoms with Crippen LogP contribution in [0.15, 0.2) is 24.3 Å². The number of halogens is 1. The van der Waals surface area contributed by atoms with Crippen molar-refractivity contribution < 1.29 is 23.3 Å². The van der Waals surface area contributed by atoms with Gasteiger partial charge in [-0.1, -0.05) is 57.6 Å². The molecule has 0 radical (unpaired) electrons. The van der Waals surface area contributed by atoms with E-state index in [0.717, 1.165) is 12.2 Å². The van der Waals surface area contributed by atoms with Crippen molar-refractivity contribution in [1.82, 2.24) is 0 Å². The molecule has 0 amide bonds. The van der Waals surface area contributed by atoms with E-state index in [1.54, 1.807) is 0 Å². The summed E-state index contributed by atoms with van der Waals surface area (Å²) in [4.78, 5) is 0. The molecule has 1 aromatic rings. The number of unbranched alkanes of at least 4 members (excludes halogenated alkanes) is 6. The van der Waals surface area contributed by atoms with Crippen molar-refractivity contribution in [3.63, 3.8) is 0 Å². The van der Waals surface area contributed by atoms with Crippen molar-refractivity contribution in [2.45, 2.75) is 58.3 Å². The van der Waals surface area contributed by atoms with Crippen molar-refractivity contribution in [2.75, 3.05) is 52.9 Å². The maximum atomic E-state index is 11.8. The summed E-state index contributed by atoms with van der Waals surface area (Å²) in [5.74, 6) is 0.883. The monoisotopic (exact) mass is 398 g/mol. The van der Waals surface area contributed by atoms with Crippen LogP contribution in [-0.4, -0.2) is 52.9 Å². The van der Waals surface area contributed by atoms with E-state index in [9.17, 15) is 4.39 Å². The van der Waals surface area contributed by atoms with Crippen molar-refractivity contribution >= 4 is 0 Å². The lowest BCUT2D eigenvalue weighted by molar-refractivity contribution is 0.00750. The zero-order valence-corrected chi connectivity index (χ0v) is 17.6. The molecular formula is C23H39FO4. The molecule has 0 aliphatic carbocycles. The molecule has 0 N–H and O–H groups in total. The third-order valence-corrected chi connectivity index (χ3v) is 4.45. The first-order chi connectivity index (χ1) is 13.9. The van der Waals surface area contributed by atoms with Crippen molar-refractivity contribution in [2.24, 2.45) is 0 Å². The van der Waals surface area contributed by atoms with E-state index >= 15 is 0 Å². The molecule has 4 nitrogen and oxygen atoms in total. The minimum atomic E-state index is -0.453. The van der Waals surface area contributed by atoms with Crippen molar-refractivity contribution in [1.29, 1.82) is 0 Å². The number of ether oxygens (including phenoxy) is 4. The van der Waals surface area contributed by atoms with Gasteiger partial charge in [0.2, 0.25) is 0 Å². The van der Waals surface area contributed by atoms with Gasteiger partial charge in [0.1, 0.15) is 19.0 Å². The minimum absolute atomic E-state index is 0.136. The first-order valence-corrected chi connectivity index (χ1v) is 10.9. The minimum Gasteiger partial charge on any atom is -0.491 e. The van der Waals surface area contributed by atoms with Crippen LogP contribution in [0.3, 0.4) is 0 Å². The molecule has 0 aromatic heterocycles. The topological polar surface area (TPSA) is 36.9 Å². The summed E-state index contributed by atoms with van der Waals surface area (Å²) in [6, 6.07) is 8.40. The standard InChI is InChI=1S/C23H39FO4/c1-2-3-4-5-6-7-8-9-22-10-12-23(13-11-22)28-21-20-27-19-18-26-17-16-25-15-14-24/h10-13H,2-9,14-21H2,1H3. The average Bonchev–Trinajstić information content (AvgIpc) is 2.72. The van der Waals surface area contributed by atoms with Gasteiger partial charge in [-0.2, -0.15) is 0 Å². The molecule has 28 heavy (non-hydrogen) atoms. The summed E-state index contributed by atoms with van der Waals surface area (Å²) in [6.45, 7) is 4.90. The van der Waals surface area contributed by atoms with Crippen LogP contribution in [0.5, 0.6) is 5.75 Å². The Labute approximate surface area is 170 Å². The highest BCUT2D eigenvalue weighted by Crippen LogP contribution is 2.15. The zero-order valence-electron chi connectivity index (χ0n) is 17.6. The maximum Gasteiger partial charge on any atom is 0.119 e. The smallest absolute Gasteiger partial charge is 0.119 e. The summed E-state index contributed by atoms with van der Waals surface area (Å²) >= 11 is 0. The second kappa shape index (κ2) is 19.2. The van der Waals surface area contributed by atoms with E-state index in [0.29, 0.717) is 39.6 Å². The molecule has 0 aliphatic heterocycles. The van der Waals surface area contributed by atoms with E-state index in [1.165, 1.54) is 50.5 Å². The van der Waals surface area contributed by atoms with E-state index < -0.39 is 6.67 Å². The summed E-state index contributed by atoms with van der Waals surface area (Å²) in [5.41, 5.74) is 1.38. The van der Waals surface area contributed by atoms with Gasteiger partial charge in [-0.25, -0.2) is 4.39 Å². The van der Waals surface area contributed by atoms with E-state index in [4.69, 9.17) is 18.9 Å². The number of aryl methyl sites for hydroxylation is 1. The van der Waals surface area contributed by atoms with Gasteiger partial charge >= 0.3 is 0 Å². The number of benzene rings is 1. The Bertz CT molecular complexity index is 439. The van der Waals surface area contributed by atoms with Crippen LogP contribution < -0.4 is 4.74 Å². The van der Waals surface area contributed by atoms with Crippen molar-refractivity contribution in [3.05, 3.63) is 29.8 Å². The lowest BCUT2D eigenvalue weighted by Gasteiger charge is -2.09. The van der Waals surface area contributed by atoms with Crippen LogP contribution >= 0.6 is 0 Å². The molecule has 0 fully saturated rings. The first kappa shape index (κ1) is 24.9. The molecule has 0 saturated carbocycles. The second-order valence-electron chi connectivity index (χ2n) is 6.89. The van der Waals surface area contributed by atoms with Gasteiger partial charge in [0.05, 0.1) is 39.6 Å².